The van der Waals surface area contributed by atoms with Crippen LogP contribution < -0.4 is 19.1 Å². The van der Waals surface area contributed by atoms with E-state index in [9.17, 15) is 18.0 Å². The summed E-state index contributed by atoms with van der Waals surface area (Å²) in [7, 11) is -3.88. The Bertz CT molecular complexity index is 1440. The average molecular weight is 580 g/mol. The van der Waals surface area contributed by atoms with Crippen LogP contribution in [0.25, 0.3) is 0 Å². The molecule has 0 aromatic heterocycles. The van der Waals surface area contributed by atoms with E-state index in [0.29, 0.717) is 31.3 Å². The summed E-state index contributed by atoms with van der Waals surface area (Å²) in [5, 5.41) is 2.94. The van der Waals surface area contributed by atoms with Crippen LogP contribution in [0.3, 0.4) is 0 Å². The van der Waals surface area contributed by atoms with E-state index in [1.165, 1.54) is 4.90 Å². The summed E-state index contributed by atoms with van der Waals surface area (Å²) < 4.78 is 38.2. The molecular formula is C31H37N3O6S. The van der Waals surface area contributed by atoms with Gasteiger partial charge in [0.2, 0.25) is 21.8 Å². The number of carbonyl (C=O) groups excluding carboxylic acids is 2. The van der Waals surface area contributed by atoms with E-state index in [0.717, 1.165) is 33.7 Å². The van der Waals surface area contributed by atoms with Gasteiger partial charge in [-0.25, -0.2) is 8.42 Å². The fourth-order valence-electron chi connectivity index (χ4n) is 4.61. The molecule has 0 bridgehead atoms. The molecule has 9 nitrogen and oxygen atoms in total. The van der Waals surface area contributed by atoms with Gasteiger partial charge in [0.25, 0.3) is 0 Å². The van der Waals surface area contributed by atoms with Crippen LogP contribution in [0.15, 0.2) is 72.8 Å². The van der Waals surface area contributed by atoms with Gasteiger partial charge in [0.15, 0.2) is 11.5 Å². The van der Waals surface area contributed by atoms with Gasteiger partial charge in [-0.05, 0) is 36.6 Å². The summed E-state index contributed by atoms with van der Waals surface area (Å²) in [5.74, 6) is 0.128. The molecule has 1 N–H and O–H groups in total. The highest BCUT2D eigenvalue weighted by molar-refractivity contribution is 7.92. The van der Waals surface area contributed by atoms with Crippen LogP contribution in [0.4, 0.5) is 5.69 Å². The van der Waals surface area contributed by atoms with E-state index in [-0.39, 0.29) is 24.6 Å². The third-order valence-corrected chi connectivity index (χ3v) is 7.93. The third kappa shape index (κ3) is 8.00. The Hall–Kier alpha value is -4.05. The van der Waals surface area contributed by atoms with Crippen molar-refractivity contribution in [2.24, 2.45) is 0 Å². The van der Waals surface area contributed by atoms with Gasteiger partial charge in [0.05, 0.1) is 11.9 Å². The second-order valence-corrected chi connectivity index (χ2v) is 12.0. The molecule has 0 saturated carbocycles. The van der Waals surface area contributed by atoms with E-state index >= 15 is 0 Å². The molecule has 0 aliphatic carbocycles. The van der Waals surface area contributed by atoms with Crippen molar-refractivity contribution >= 4 is 27.5 Å². The highest BCUT2D eigenvalue weighted by atomic mass is 32.2. The maximum Gasteiger partial charge on any atom is 0.244 e. The first-order chi connectivity index (χ1) is 19.7. The van der Waals surface area contributed by atoms with Crippen LogP contribution in [0.5, 0.6) is 11.5 Å². The molecule has 0 unspecified atom stereocenters. The quantitative estimate of drug-likeness (QED) is 0.351. The van der Waals surface area contributed by atoms with E-state index in [4.69, 9.17) is 9.47 Å². The number of hydrogen-bond acceptors (Lipinski definition) is 6. The maximum absolute atomic E-state index is 14.1. The largest absolute Gasteiger partial charge is 0.486 e. The summed E-state index contributed by atoms with van der Waals surface area (Å²) in [4.78, 5) is 29.2. The Morgan fingerprint density at radius 2 is 1.61 bits per heavy atom. The molecule has 4 rings (SSSR count). The number of aryl methyl sites for hydroxylation is 1. The Morgan fingerprint density at radius 1 is 0.927 bits per heavy atom. The number of rotatable bonds is 12. The van der Waals surface area contributed by atoms with E-state index in [1.807, 2.05) is 68.4 Å². The Balaban J connectivity index is 1.71. The van der Waals surface area contributed by atoms with Crippen molar-refractivity contribution in [1.82, 2.24) is 10.2 Å². The van der Waals surface area contributed by atoms with Gasteiger partial charge in [-0.3, -0.25) is 13.9 Å². The fraction of sp³-hybridized carbons (Fsp3) is 0.355. The van der Waals surface area contributed by atoms with Gasteiger partial charge in [0.1, 0.15) is 25.8 Å². The first-order valence-electron chi connectivity index (χ1n) is 13.7. The smallest absolute Gasteiger partial charge is 0.244 e. The number of nitrogens with one attached hydrogen (secondary N) is 1. The summed E-state index contributed by atoms with van der Waals surface area (Å²) >= 11 is 0. The Kier molecular flexibility index (Phi) is 9.88. The molecule has 10 heteroatoms. The molecule has 0 spiro atoms. The van der Waals surface area contributed by atoms with Crippen molar-refractivity contribution in [1.29, 1.82) is 0 Å². The van der Waals surface area contributed by atoms with Gasteiger partial charge in [-0.15, -0.1) is 0 Å². The fourth-order valence-corrected chi connectivity index (χ4v) is 5.45. The van der Waals surface area contributed by atoms with Gasteiger partial charge in [-0.1, -0.05) is 67.1 Å². The number of ether oxygens (including phenoxy) is 2. The molecule has 3 aromatic rings. The van der Waals surface area contributed by atoms with E-state index < -0.39 is 28.5 Å². The number of amides is 2. The van der Waals surface area contributed by atoms with Crippen molar-refractivity contribution in [3.63, 3.8) is 0 Å². The van der Waals surface area contributed by atoms with Crippen molar-refractivity contribution in [3.05, 3.63) is 89.5 Å². The van der Waals surface area contributed by atoms with E-state index in [2.05, 4.69) is 5.32 Å². The number of sulfonamides is 1. The van der Waals surface area contributed by atoms with Crippen LogP contribution in [0.1, 0.15) is 30.0 Å². The minimum Gasteiger partial charge on any atom is -0.486 e. The van der Waals surface area contributed by atoms with Crippen molar-refractivity contribution in [2.75, 3.05) is 36.9 Å². The number of benzene rings is 3. The second-order valence-electron chi connectivity index (χ2n) is 10.1. The zero-order chi connectivity index (χ0) is 29.4. The van der Waals surface area contributed by atoms with Crippen LogP contribution in [0, 0.1) is 6.92 Å². The van der Waals surface area contributed by atoms with Crippen molar-refractivity contribution in [2.45, 2.75) is 39.3 Å². The molecule has 1 aliphatic rings. The predicted octanol–water partition coefficient (Wildman–Crippen LogP) is 3.70. The topological polar surface area (TPSA) is 105 Å². The van der Waals surface area contributed by atoms with Gasteiger partial charge < -0.3 is 19.7 Å². The molecule has 0 saturated heterocycles. The lowest BCUT2D eigenvalue weighted by Gasteiger charge is -2.33. The van der Waals surface area contributed by atoms with Gasteiger partial charge >= 0.3 is 0 Å². The Morgan fingerprint density at radius 3 is 2.27 bits per heavy atom. The first kappa shape index (κ1) is 29.9. The molecule has 1 atom stereocenters. The van der Waals surface area contributed by atoms with Crippen LogP contribution >= 0.6 is 0 Å². The standard InChI is InChI=1S/C31H37N3O6S/c1-4-16-32-31(36)27(19-24-8-6-5-7-9-24)33(21-25-12-10-23(2)11-13-25)30(35)22-34(41(3,37)38)26-14-15-28-29(20-26)40-18-17-39-28/h5-15,20,27H,4,16-19,21-22H2,1-3H3,(H,32,36)/t27-/m1/s1. The van der Waals surface area contributed by atoms with Crippen LogP contribution in [-0.4, -0.2) is 63.7 Å². The molecule has 41 heavy (non-hydrogen) atoms. The molecule has 2 amide bonds. The minimum atomic E-state index is -3.88. The minimum absolute atomic E-state index is 0.134. The number of nitrogens with zero attached hydrogens (tertiary/aromatic N) is 2. The summed E-state index contributed by atoms with van der Waals surface area (Å²) in [5.41, 5.74) is 3.05. The van der Waals surface area contributed by atoms with Crippen molar-refractivity contribution < 1.29 is 27.5 Å². The molecule has 218 valence electrons. The molecule has 3 aromatic carbocycles. The molecule has 1 heterocycles. The van der Waals surface area contributed by atoms with Crippen molar-refractivity contribution in [3.8, 4) is 11.5 Å². The normalized spacial score (nSPS) is 13.2. The Labute approximate surface area is 242 Å². The zero-order valence-corrected chi connectivity index (χ0v) is 24.5. The number of carbonyl (C=O) groups is 2. The summed E-state index contributed by atoms with van der Waals surface area (Å²) in [6.45, 7) is 4.78. The molecule has 0 radical (unpaired) electrons. The zero-order valence-electron chi connectivity index (χ0n) is 23.7. The maximum atomic E-state index is 14.1. The number of hydrogen-bond donors (Lipinski definition) is 1. The molecular weight excluding hydrogens is 542 g/mol. The number of anilines is 1. The van der Waals surface area contributed by atoms with Gasteiger partial charge in [0, 0.05) is 25.6 Å². The lowest BCUT2D eigenvalue weighted by atomic mass is 10.0. The summed E-state index contributed by atoms with van der Waals surface area (Å²) in [6, 6.07) is 21.1. The third-order valence-electron chi connectivity index (χ3n) is 6.79. The SMILES string of the molecule is CCCNC(=O)[C@@H](Cc1ccccc1)N(Cc1ccc(C)cc1)C(=O)CN(c1ccc2c(c1)OCCO2)S(C)(=O)=O. The monoisotopic (exact) mass is 579 g/mol. The first-order valence-corrected chi connectivity index (χ1v) is 15.5. The lowest BCUT2D eigenvalue weighted by molar-refractivity contribution is -0.140. The van der Waals surface area contributed by atoms with Gasteiger partial charge in [-0.2, -0.15) is 0 Å². The number of fused-ring (bicyclic) bond motifs is 1. The lowest BCUT2D eigenvalue weighted by Crippen LogP contribution is -2.53. The highest BCUT2D eigenvalue weighted by Crippen LogP contribution is 2.34. The summed E-state index contributed by atoms with van der Waals surface area (Å²) in [6.07, 6.45) is 2.06. The average Bonchev–Trinajstić information content (AvgIpc) is 2.97. The predicted molar refractivity (Wildman–Crippen MR) is 159 cm³/mol. The highest BCUT2D eigenvalue weighted by Gasteiger charge is 2.33. The molecule has 0 fully saturated rings. The van der Waals surface area contributed by atoms with Crippen LogP contribution in [-0.2, 0) is 32.6 Å². The van der Waals surface area contributed by atoms with E-state index in [1.54, 1.807) is 18.2 Å². The van der Waals surface area contributed by atoms with Crippen LogP contribution in [0.2, 0.25) is 0 Å². The molecule has 1 aliphatic heterocycles. The second kappa shape index (κ2) is 13.5.